The van der Waals surface area contributed by atoms with Crippen LogP contribution in [0.25, 0.3) is 0 Å². The van der Waals surface area contributed by atoms with E-state index < -0.39 is 11.0 Å². The molecule has 0 spiro atoms. The van der Waals surface area contributed by atoms with Crippen molar-refractivity contribution >= 4 is 45.5 Å². The summed E-state index contributed by atoms with van der Waals surface area (Å²) in [6.45, 7) is 1.90. The maximum Gasteiger partial charge on any atom is 0.255 e. The normalized spacial score (nSPS) is 11.4. The van der Waals surface area contributed by atoms with Crippen LogP contribution >= 0.6 is 0 Å². The quantitative estimate of drug-likeness (QED) is 0.252. The number of nitrogens with two attached hydrogens (primary N) is 1. The van der Waals surface area contributed by atoms with Crippen molar-refractivity contribution in [2.24, 2.45) is 0 Å². The van der Waals surface area contributed by atoms with Crippen LogP contribution in [0.5, 0.6) is 0 Å². The van der Waals surface area contributed by atoms with E-state index in [2.05, 4.69) is 15.4 Å². The topological polar surface area (TPSA) is 113 Å². The Morgan fingerprint density at radius 1 is 0.778 bits per heavy atom. The summed E-state index contributed by atoms with van der Waals surface area (Å²) in [5, 5.41) is 5.64. The Labute approximate surface area is 212 Å². The van der Waals surface area contributed by atoms with Crippen molar-refractivity contribution < 1.29 is 13.8 Å². The molecule has 36 heavy (non-hydrogen) atoms. The van der Waals surface area contributed by atoms with Gasteiger partial charge in [0.2, 0.25) is 5.91 Å². The molecule has 0 heterocycles. The van der Waals surface area contributed by atoms with Crippen LogP contribution in [-0.2, 0) is 22.2 Å². The first kappa shape index (κ1) is 24.7. The molecule has 0 aliphatic carbocycles. The highest BCUT2D eigenvalue weighted by Crippen LogP contribution is 2.19. The predicted molar refractivity (Wildman–Crippen MR) is 145 cm³/mol. The Morgan fingerprint density at radius 3 is 2.22 bits per heavy atom. The van der Waals surface area contributed by atoms with Crippen LogP contribution in [0.2, 0.25) is 0 Å². The Kier molecular flexibility index (Phi) is 7.77. The minimum atomic E-state index is -1.43. The summed E-state index contributed by atoms with van der Waals surface area (Å²) in [6.07, 6.45) is 0.136. The lowest BCUT2D eigenvalue weighted by molar-refractivity contribution is -0.115. The SMILES string of the molecule is Cc1cccc(CC(=O)Nc2cccc(C(=O)Nc3ccc(S(=O)Nc4ccccc4)cc3)c2)c1N. The number of anilines is 4. The van der Waals surface area contributed by atoms with Gasteiger partial charge in [-0.15, -0.1) is 0 Å². The molecule has 0 aliphatic rings. The maximum absolute atomic E-state index is 12.8. The van der Waals surface area contributed by atoms with Gasteiger partial charge in [-0.1, -0.05) is 42.5 Å². The molecular formula is C28H26N4O3S. The number of hydrogen-bond acceptors (Lipinski definition) is 4. The van der Waals surface area contributed by atoms with Gasteiger partial charge < -0.3 is 21.1 Å². The van der Waals surface area contributed by atoms with Crippen molar-refractivity contribution in [2.45, 2.75) is 18.2 Å². The van der Waals surface area contributed by atoms with Gasteiger partial charge in [0.25, 0.3) is 5.91 Å². The number of nitrogen functional groups attached to an aromatic ring is 1. The second-order valence-corrected chi connectivity index (χ2v) is 9.38. The lowest BCUT2D eigenvalue weighted by atomic mass is 10.1. The number of hydrogen-bond donors (Lipinski definition) is 4. The van der Waals surface area contributed by atoms with E-state index in [1.807, 2.05) is 55.5 Å². The Hall–Kier alpha value is -4.43. The van der Waals surface area contributed by atoms with Gasteiger partial charge in [0.05, 0.1) is 11.3 Å². The van der Waals surface area contributed by atoms with Crippen molar-refractivity contribution in [3.63, 3.8) is 0 Å². The van der Waals surface area contributed by atoms with Gasteiger partial charge in [0, 0.05) is 28.3 Å². The Morgan fingerprint density at radius 2 is 1.47 bits per heavy atom. The van der Waals surface area contributed by atoms with E-state index in [1.54, 1.807) is 48.5 Å². The first-order valence-electron chi connectivity index (χ1n) is 11.3. The standard InChI is InChI=1S/C28H26N4O3S/c1-19-7-5-8-20(27(19)29)18-26(33)30-24-12-6-9-21(17-24)28(34)31-22-13-15-25(16-14-22)36(35)32-23-10-3-2-4-11-23/h2-17,32H,18,29H2,1H3,(H,30,33)(H,31,34). The van der Waals surface area contributed by atoms with Crippen LogP contribution in [0.3, 0.4) is 0 Å². The molecule has 0 fully saturated rings. The zero-order valence-corrected chi connectivity index (χ0v) is 20.5. The van der Waals surface area contributed by atoms with Gasteiger partial charge in [-0.25, -0.2) is 4.21 Å². The van der Waals surface area contributed by atoms with E-state index in [-0.39, 0.29) is 18.2 Å². The minimum absolute atomic E-state index is 0.136. The zero-order chi connectivity index (χ0) is 25.5. The van der Waals surface area contributed by atoms with Gasteiger partial charge in [-0.3, -0.25) is 9.59 Å². The van der Waals surface area contributed by atoms with Crippen molar-refractivity contribution in [3.8, 4) is 0 Å². The van der Waals surface area contributed by atoms with Gasteiger partial charge in [-0.05, 0) is 72.6 Å². The van der Waals surface area contributed by atoms with Crippen LogP contribution in [0.1, 0.15) is 21.5 Å². The highest BCUT2D eigenvalue weighted by molar-refractivity contribution is 7.86. The van der Waals surface area contributed by atoms with Crippen LogP contribution in [-0.4, -0.2) is 16.0 Å². The van der Waals surface area contributed by atoms with Gasteiger partial charge >= 0.3 is 0 Å². The highest BCUT2D eigenvalue weighted by atomic mass is 32.2. The molecule has 0 saturated carbocycles. The lowest BCUT2D eigenvalue weighted by Crippen LogP contribution is -2.17. The molecule has 0 saturated heterocycles. The Balaban J connectivity index is 1.36. The number of aryl methyl sites for hydroxylation is 1. The molecule has 0 aromatic heterocycles. The Bertz CT molecular complexity index is 1410. The van der Waals surface area contributed by atoms with E-state index >= 15 is 0 Å². The number of nitrogens with one attached hydrogen (secondary N) is 3. The first-order chi connectivity index (χ1) is 17.4. The second-order valence-electron chi connectivity index (χ2n) is 8.17. The third-order valence-corrected chi connectivity index (χ3v) is 6.61. The average Bonchev–Trinajstić information content (AvgIpc) is 2.88. The number of rotatable bonds is 8. The van der Waals surface area contributed by atoms with E-state index in [4.69, 9.17) is 5.73 Å². The fourth-order valence-corrected chi connectivity index (χ4v) is 4.40. The summed E-state index contributed by atoms with van der Waals surface area (Å²) in [5.74, 6) is -0.553. The van der Waals surface area contributed by atoms with Crippen molar-refractivity contribution in [2.75, 3.05) is 21.1 Å². The molecule has 8 heteroatoms. The third-order valence-electron chi connectivity index (χ3n) is 5.48. The average molecular weight is 499 g/mol. The monoisotopic (exact) mass is 498 g/mol. The summed E-state index contributed by atoms with van der Waals surface area (Å²) >= 11 is 0. The molecular weight excluding hydrogens is 472 g/mol. The molecule has 7 nitrogen and oxygen atoms in total. The van der Waals surface area contributed by atoms with Crippen LogP contribution < -0.4 is 21.1 Å². The largest absolute Gasteiger partial charge is 0.398 e. The van der Waals surface area contributed by atoms with E-state index in [9.17, 15) is 13.8 Å². The van der Waals surface area contributed by atoms with Gasteiger partial charge in [0.15, 0.2) is 0 Å². The summed E-state index contributed by atoms with van der Waals surface area (Å²) in [5.41, 5.74) is 10.6. The van der Waals surface area contributed by atoms with Crippen molar-refractivity contribution in [3.05, 3.63) is 114 Å². The van der Waals surface area contributed by atoms with Crippen molar-refractivity contribution in [1.82, 2.24) is 0 Å². The lowest BCUT2D eigenvalue weighted by Gasteiger charge is -2.11. The van der Waals surface area contributed by atoms with E-state index in [1.165, 1.54) is 0 Å². The van der Waals surface area contributed by atoms with Crippen LogP contribution in [0.4, 0.5) is 22.7 Å². The zero-order valence-electron chi connectivity index (χ0n) is 19.7. The molecule has 0 aliphatic heterocycles. The van der Waals surface area contributed by atoms with Crippen LogP contribution in [0.15, 0.2) is 102 Å². The molecule has 1 atom stereocenters. The van der Waals surface area contributed by atoms with Gasteiger partial charge in [-0.2, -0.15) is 0 Å². The fourth-order valence-electron chi connectivity index (χ4n) is 3.55. The highest BCUT2D eigenvalue weighted by Gasteiger charge is 2.11. The maximum atomic E-state index is 12.8. The molecule has 4 aromatic carbocycles. The van der Waals surface area contributed by atoms with E-state index in [0.29, 0.717) is 27.5 Å². The summed E-state index contributed by atoms with van der Waals surface area (Å²) in [4.78, 5) is 25.9. The minimum Gasteiger partial charge on any atom is -0.398 e. The second kappa shape index (κ2) is 11.3. The number of benzene rings is 4. The molecule has 2 amide bonds. The fraction of sp³-hybridized carbons (Fsp3) is 0.0714. The number of amides is 2. The smallest absolute Gasteiger partial charge is 0.255 e. The first-order valence-corrected chi connectivity index (χ1v) is 12.4. The molecule has 1 unspecified atom stereocenters. The molecule has 182 valence electrons. The van der Waals surface area contributed by atoms with Crippen LogP contribution in [0, 0.1) is 6.92 Å². The number of carbonyl (C=O) groups excluding carboxylic acids is 2. The third kappa shape index (κ3) is 6.37. The molecule has 0 bridgehead atoms. The summed E-state index contributed by atoms with van der Waals surface area (Å²) in [7, 11) is -1.43. The molecule has 5 N–H and O–H groups in total. The molecule has 4 rings (SSSR count). The van der Waals surface area contributed by atoms with Crippen molar-refractivity contribution in [1.29, 1.82) is 0 Å². The predicted octanol–water partition coefficient (Wildman–Crippen LogP) is 5.15. The summed E-state index contributed by atoms with van der Waals surface area (Å²) in [6, 6.07) is 28.3. The number of carbonyl (C=O) groups is 2. The van der Waals surface area contributed by atoms with Gasteiger partial charge in [0.1, 0.15) is 11.0 Å². The molecule has 4 aromatic rings. The summed E-state index contributed by atoms with van der Waals surface area (Å²) < 4.78 is 15.4. The van der Waals surface area contributed by atoms with E-state index in [0.717, 1.165) is 16.8 Å². The molecule has 0 radical (unpaired) electrons. The number of para-hydroxylation sites is 2.